The maximum atomic E-state index is 5.32. The third-order valence-electron chi connectivity index (χ3n) is 3.16. The summed E-state index contributed by atoms with van der Waals surface area (Å²) >= 11 is 0. The minimum Gasteiger partial charge on any atom is -0.383 e. The van der Waals surface area contributed by atoms with Crippen LogP contribution in [-0.2, 0) is 4.74 Å². The van der Waals surface area contributed by atoms with Gasteiger partial charge in [-0.25, -0.2) is 0 Å². The summed E-state index contributed by atoms with van der Waals surface area (Å²) in [6.45, 7) is 5.05. The van der Waals surface area contributed by atoms with E-state index in [1.807, 2.05) is 0 Å². The van der Waals surface area contributed by atoms with Crippen LogP contribution in [0.5, 0.6) is 0 Å². The van der Waals surface area contributed by atoms with Crippen molar-refractivity contribution in [3.63, 3.8) is 0 Å². The van der Waals surface area contributed by atoms with Gasteiger partial charge in [-0.3, -0.25) is 4.90 Å². The topological polar surface area (TPSA) is 24.5 Å². The summed E-state index contributed by atoms with van der Waals surface area (Å²) in [6, 6.07) is 0.666. The van der Waals surface area contributed by atoms with E-state index in [4.69, 9.17) is 11.2 Å². The predicted molar refractivity (Wildman–Crippen MR) is 67.4 cm³/mol. The van der Waals surface area contributed by atoms with Crippen molar-refractivity contribution in [2.75, 3.05) is 39.9 Å². The van der Waals surface area contributed by atoms with Crippen LogP contribution in [0.25, 0.3) is 0 Å². The molecule has 1 heterocycles. The molecule has 1 rings (SSSR count). The number of nitrogens with one attached hydrogen (secondary N) is 1. The van der Waals surface area contributed by atoms with E-state index in [-0.39, 0.29) is 0 Å². The summed E-state index contributed by atoms with van der Waals surface area (Å²) in [6.07, 6.45) is 10.2. The fraction of sp³-hybridized carbons (Fsp3) is 0.846. The molecule has 1 atom stereocenters. The highest BCUT2D eigenvalue weighted by atomic mass is 16.5. The monoisotopic (exact) mass is 224 g/mol. The van der Waals surface area contributed by atoms with Crippen molar-refractivity contribution < 1.29 is 4.74 Å². The highest BCUT2D eigenvalue weighted by Crippen LogP contribution is 2.16. The zero-order valence-corrected chi connectivity index (χ0v) is 10.4. The van der Waals surface area contributed by atoms with Gasteiger partial charge in [-0.15, -0.1) is 12.3 Å². The molecule has 3 heteroatoms. The van der Waals surface area contributed by atoms with Gasteiger partial charge in [-0.05, 0) is 19.4 Å². The average molecular weight is 224 g/mol. The molecule has 1 aliphatic rings. The van der Waals surface area contributed by atoms with Crippen LogP contribution in [-0.4, -0.2) is 50.8 Å². The Morgan fingerprint density at radius 1 is 1.50 bits per heavy atom. The van der Waals surface area contributed by atoms with Crippen molar-refractivity contribution in [1.29, 1.82) is 0 Å². The Balaban J connectivity index is 2.21. The Labute approximate surface area is 99.5 Å². The zero-order valence-electron chi connectivity index (χ0n) is 10.4. The number of nitrogens with zero attached hydrogens (tertiary/aromatic N) is 1. The minimum atomic E-state index is 0.666. The quantitative estimate of drug-likeness (QED) is 0.518. The fourth-order valence-electron chi connectivity index (χ4n) is 2.24. The van der Waals surface area contributed by atoms with E-state index in [0.717, 1.165) is 32.7 Å². The number of terminal acetylenes is 1. The van der Waals surface area contributed by atoms with Gasteiger partial charge in [0, 0.05) is 39.2 Å². The number of likely N-dealkylation sites (tertiary alicyclic amines) is 1. The van der Waals surface area contributed by atoms with Gasteiger partial charge < -0.3 is 10.1 Å². The molecule has 0 bridgehead atoms. The van der Waals surface area contributed by atoms with Crippen molar-refractivity contribution in [3.05, 3.63) is 0 Å². The van der Waals surface area contributed by atoms with Crippen LogP contribution in [0.2, 0.25) is 0 Å². The molecule has 1 N–H and O–H groups in total. The molecule has 1 unspecified atom stereocenters. The van der Waals surface area contributed by atoms with Crippen molar-refractivity contribution in [1.82, 2.24) is 10.2 Å². The van der Waals surface area contributed by atoms with Crippen LogP contribution in [0.3, 0.4) is 0 Å². The first-order valence-corrected chi connectivity index (χ1v) is 6.25. The van der Waals surface area contributed by atoms with Gasteiger partial charge in [0.15, 0.2) is 0 Å². The summed E-state index contributed by atoms with van der Waals surface area (Å²) in [5.74, 6) is 2.73. The van der Waals surface area contributed by atoms with Gasteiger partial charge in [0.05, 0.1) is 6.61 Å². The van der Waals surface area contributed by atoms with Crippen LogP contribution < -0.4 is 5.32 Å². The van der Waals surface area contributed by atoms with Gasteiger partial charge in [0.1, 0.15) is 0 Å². The van der Waals surface area contributed by atoms with Crippen LogP contribution >= 0.6 is 0 Å². The number of piperidine rings is 1. The normalized spacial score (nSPS) is 21.9. The fourth-order valence-corrected chi connectivity index (χ4v) is 2.24. The van der Waals surface area contributed by atoms with Crippen LogP contribution in [0, 0.1) is 12.3 Å². The number of rotatable bonds is 7. The van der Waals surface area contributed by atoms with E-state index in [1.165, 1.54) is 25.8 Å². The lowest BCUT2D eigenvalue weighted by Gasteiger charge is -2.35. The second kappa shape index (κ2) is 8.58. The van der Waals surface area contributed by atoms with Crippen LogP contribution in [0.15, 0.2) is 0 Å². The predicted octanol–water partition coefficient (Wildman–Crippen LogP) is 1.10. The molecule has 0 amide bonds. The van der Waals surface area contributed by atoms with Gasteiger partial charge in [-0.1, -0.05) is 6.42 Å². The Morgan fingerprint density at radius 3 is 3.12 bits per heavy atom. The van der Waals surface area contributed by atoms with Crippen molar-refractivity contribution in [2.45, 2.75) is 31.7 Å². The van der Waals surface area contributed by atoms with Gasteiger partial charge in [0.25, 0.3) is 0 Å². The number of hydrogen-bond donors (Lipinski definition) is 1. The summed E-state index contributed by atoms with van der Waals surface area (Å²) in [5.41, 5.74) is 0. The summed E-state index contributed by atoms with van der Waals surface area (Å²) in [7, 11) is 1.74. The Morgan fingerprint density at radius 2 is 2.38 bits per heavy atom. The third-order valence-corrected chi connectivity index (χ3v) is 3.16. The molecule has 0 saturated carbocycles. The Hall–Kier alpha value is -0.560. The molecule has 0 aromatic heterocycles. The molecular weight excluding hydrogens is 200 g/mol. The van der Waals surface area contributed by atoms with E-state index >= 15 is 0 Å². The molecule has 0 radical (unpaired) electrons. The standard InChI is InChI=1S/C13H24N2O/c1-3-4-9-15-10-6-5-7-13(15)12-14-8-11-16-2/h1,13-14H,4-12H2,2H3. The van der Waals surface area contributed by atoms with Crippen LogP contribution in [0.4, 0.5) is 0 Å². The molecule has 1 fully saturated rings. The molecule has 1 aliphatic heterocycles. The number of methoxy groups -OCH3 is 1. The SMILES string of the molecule is C#CCCN1CCCCC1CNCCOC. The first-order chi connectivity index (χ1) is 7.88. The number of hydrogen-bond acceptors (Lipinski definition) is 3. The van der Waals surface area contributed by atoms with E-state index in [0.29, 0.717) is 6.04 Å². The Kier molecular flexibility index (Phi) is 7.24. The lowest BCUT2D eigenvalue weighted by molar-refractivity contribution is 0.143. The van der Waals surface area contributed by atoms with E-state index in [9.17, 15) is 0 Å². The second-order valence-electron chi connectivity index (χ2n) is 4.34. The molecular formula is C13H24N2O. The lowest BCUT2D eigenvalue weighted by Crippen LogP contribution is -2.46. The summed E-state index contributed by atoms with van der Waals surface area (Å²) in [5, 5.41) is 3.44. The second-order valence-corrected chi connectivity index (χ2v) is 4.34. The largest absolute Gasteiger partial charge is 0.383 e. The smallest absolute Gasteiger partial charge is 0.0587 e. The summed E-state index contributed by atoms with van der Waals surface area (Å²) < 4.78 is 5.02. The molecule has 0 spiro atoms. The van der Waals surface area contributed by atoms with Gasteiger partial charge in [-0.2, -0.15) is 0 Å². The molecule has 1 saturated heterocycles. The molecule has 0 aromatic rings. The first-order valence-electron chi connectivity index (χ1n) is 6.25. The molecule has 3 nitrogen and oxygen atoms in total. The average Bonchev–Trinajstić information content (AvgIpc) is 2.33. The molecule has 0 aromatic carbocycles. The molecule has 0 aliphatic carbocycles. The third kappa shape index (κ3) is 4.98. The van der Waals surface area contributed by atoms with E-state index < -0.39 is 0 Å². The first kappa shape index (κ1) is 13.5. The van der Waals surface area contributed by atoms with Crippen molar-refractivity contribution >= 4 is 0 Å². The zero-order chi connectivity index (χ0) is 11.6. The maximum Gasteiger partial charge on any atom is 0.0587 e. The van der Waals surface area contributed by atoms with E-state index in [2.05, 4.69) is 16.1 Å². The highest BCUT2D eigenvalue weighted by Gasteiger charge is 2.20. The minimum absolute atomic E-state index is 0.666. The highest BCUT2D eigenvalue weighted by molar-refractivity contribution is 4.87. The Bertz CT molecular complexity index is 212. The lowest BCUT2D eigenvalue weighted by atomic mass is 10.0. The van der Waals surface area contributed by atoms with Gasteiger partial charge >= 0.3 is 0 Å². The van der Waals surface area contributed by atoms with Crippen molar-refractivity contribution in [2.24, 2.45) is 0 Å². The summed E-state index contributed by atoms with van der Waals surface area (Å²) in [4.78, 5) is 2.53. The van der Waals surface area contributed by atoms with Crippen LogP contribution in [0.1, 0.15) is 25.7 Å². The number of ether oxygens (including phenoxy) is 1. The van der Waals surface area contributed by atoms with E-state index in [1.54, 1.807) is 7.11 Å². The van der Waals surface area contributed by atoms with Gasteiger partial charge in [0.2, 0.25) is 0 Å². The van der Waals surface area contributed by atoms with Crippen molar-refractivity contribution in [3.8, 4) is 12.3 Å². The molecule has 16 heavy (non-hydrogen) atoms. The maximum absolute atomic E-state index is 5.32. The molecule has 92 valence electrons.